The van der Waals surface area contributed by atoms with Crippen LogP contribution in [0.1, 0.15) is 23.9 Å². The van der Waals surface area contributed by atoms with Gasteiger partial charge >= 0.3 is 0 Å². The topological polar surface area (TPSA) is 116 Å². The van der Waals surface area contributed by atoms with Gasteiger partial charge in [-0.1, -0.05) is 30.0 Å². The van der Waals surface area contributed by atoms with Crippen LogP contribution >= 0.6 is 11.8 Å². The van der Waals surface area contributed by atoms with Gasteiger partial charge in [0, 0.05) is 0 Å². The summed E-state index contributed by atoms with van der Waals surface area (Å²) in [5, 5.41) is 32.5. The molecule has 0 saturated carbocycles. The average molecular weight is 417 g/mol. The van der Waals surface area contributed by atoms with Crippen molar-refractivity contribution in [2.45, 2.75) is 31.2 Å². The van der Waals surface area contributed by atoms with Crippen molar-refractivity contribution in [3.63, 3.8) is 0 Å². The number of aryl methyl sites for hydroxylation is 2. The van der Waals surface area contributed by atoms with Crippen molar-refractivity contribution in [1.29, 1.82) is 5.26 Å². The summed E-state index contributed by atoms with van der Waals surface area (Å²) >= 11 is 1.26. The Morgan fingerprint density at radius 1 is 1.20 bits per heavy atom. The van der Waals surface area contributed by atoms with Crippen molar-refractivity contribution in [3.8, 4) is 11.8 Å². The van der Waals surface area contributed by atoms with Gasteiger partial charge in [-0.2, -0.15) is 9.94 Å². The second kappa shape index (κ2) is 8.00. The highest BCUT2D eigenvalue weighted by atomic mass is 32.2. The molecule has 0 spiro atoms. The monoisotopic (exact) mass is 417 g/mol. The van der Waals surface area contributed by atoms with Crippen LogP contribution in [0.25, 0.3) is 22.3 Å². The van der Waals surface area contributed by atoms with Gasteiger partial charge in [0.1, 0.15) is 17.4 Å². The fourth-order valence-electron chi connectivity index (χ4n) is 3.21. The Kier molecular flexibility index (Phi) is 5.25. The van der Waals surface area contributed by atoms with Crippen molar-refractivity contribution in [2.24, 2.45) is 0 Å². The minimum atomic E-state index is -0.469. The standard InChI is InChI=1S/C21H19N7OS/c1-12-8-13(2)10-15(9-12)28-21(25-26-27-28)30-14(3)19(29)16(11-22)20-23-17-6-4-5-7-18(17)24-20/h4-10,14,29H,1-3H3,(H,23,24)/b19-16-/t14-/m0/s1. The van der Waals surface area contributed by atoms with E-state index in [2.05, 4.69) is 37.6 Å². The lowest BCUT2D eigenvalue weighted by Crippen LogP contribution is -2.08. The first kappa shape index (κ1) is 19.7. The summed E-state index contributed by atoms with van der Waals surface area (Å²) in [6.07, 6.45) is 0. The summed E-state index contributed by atoms with van der Waals surface area (Å²) in [4.78, 5) is 7.50. The number of imidazole rings is 1. The van der Waals surface area contributed by atoms with Crippen molar-refractivity contribution in [3.05, 3.63) is 65.2 Å². The highest BCUT2D eigenvalue weighted by Gasteiger charge is 2.22. The van der Waals surface area contributed by atoms with Crippen LogP contribution in [0.4, 0.5) is 0 Å². The molecule has 2 heterocycles. The summed E-state index contributed by atoms with van der Waals surface area (Å²) in [5.41, 5.74) is 4.66. The SMILES string of the molecule is Cc1cc(C)cc(-n2nnnc2S[C@@H](C)/C(O)=C(\C#N)c2nc3ccccc3[nH]2)c1. The maximum Gasteiger partial charge on any atom is 0.214 e. The Bertz CT molecular complexity index is 1240. The van der Waals surface area contributed by atoms with Gasteiger partial charge in [0.05, 0.1) is 22.0 Å². The van der Waals surface area contributed by atoms with E-state index in [0.29, 0.717) is 11.0 Å². The number of tetrazole rings is 1. The molecule has 150 valence electrons. The number of allylic oxidation sites excluding steroid dienone is 1. The maximum absolute atomic E-state index is 10.8. The number of benzene rings is 2. The number of aromatic amines is 1. The molecule has 1 atom stereocenters. The highest BCUT2D eigenvalue weighted by Crippen LogP contribution is 2.30. The first-order chi connectivity index (χ1) is 14.5. The smallest absolute Gasteiger partial charge is 0.214 e. The van der Waals surface area contributed by atoms with Crippen LogP contribution in [0.15, 0.2) is 53.4 Å². The summed E-state index contributed by atoms with van der Waals surface area (Å²) in [6, 6.07) is 15.6. The van der Waals surface area contributed by atoms with E-state index in [9.17, 15) is 10.4 Å². The number of hydrogen-bond acceptors (Lipinski definition) is 7. The van der Waals surface area contributed by atoms with Gasteiger partial charge in [0.2, 0.25) is 5.16 Å². The second-order valence-corrected chi connectivity index (χ2v) is 8.26. The number of para-hydroxylation sites is 2. The van der Waals surface area contributed by atoms with Crippen LogP contribution in [0.5, 0.6) is 0 Å². The molecule has 0 aliphatic heterocycles. The number of nitrogens with zero attached hydrogens (tertiary/aromatic N) is 6. The molecule has 0 radical (unpaired) electrons. The number of nitrogens with one attached hydrogen (secondary N) is 1. The molecule has 2 N–H and O–H groups in total. The molecule has 0 unspecified atom stereocenters. The van der Waals surface area contributed by atoms with Crippen LogP contribution < -0.4 is 0 Å². The van der Waals surface area contributed by atoms with E-state index in [1.54, 1.807) is 11.6 Å². The minimum absolute atomic E-state index is 0.0865. The maximum atomic E-state index is 10.8. The van der Waals surface area contributed by atoms with E-state index >= 15 is 0 Å². The first-order valence-electron chi connectivity index (χ1n) is 9.28. The number of aliphatic hydroxyl groups excluding tert-OH is 1. The van der Waals surface area contributed by atoms with E-state index in [0.717, 1.165) is 27.8 Å². The molecular formula is C21H19N7OS. The first-order valence-corrected chi connectivity index (χ1v) is 10.2. The lowest BCUT2D eigenvalue weighted by molar-refractivity contribution is 0.401. The zero-order valence-electron chi connectivity index (χ0n) is 16.7. The average Bonchev–Trinajstić information content (AvgIpc) is 3.34. The third kappa shape index (κ3) is 3.77. The fraction of sp³-hybridized carbons (Fsp3) is 0.190. The molecule has 2 aromatic carbocycles. The molecule has 0 aliphatic carbocycles. The number of aliphatic hydroxyl groups is 1. The Labute approximate surface area is 177 Å². The summed E-state index contributed by atoms with van der Waals surface area (Å²) < 4.78 is 1.63. The van der Waals surface area contributed by atoms with Crippen LogP contribution in [-0.2, 0) is 0 Å². The van der Waals surface area contributed by atoms with E-state index in [1.807, 2.05) is 50.2 Å². The third-order valence-corrected chi connectivity index (χ3v) is 5.60. The van der Waals surface area contributed by atoms with Gasteiger partial charge in [-0.25, -0.2) is 4.98 Å². The molecule has 30 heavy (non-hydrogen) atoms. The van der Waals surface area contributed by atoms with Crippen LogP contribution in [0.3, 0.4) is 0 Å². The summed E-state index contributed by atoms with van der Waals surface area (Å²) in [5.74, 6) is 0.245. The Morgan fingerprint density at radius 2 is 1.93 bits per heavy atom. The Hall–Kier alpha value is -3.64. The fourth-order valence-corrected chi connectivity index (χ4v) is 4.08. The number of aromatic nitrogens is 6. The number of fused-ring (bicyclic) bond motifs is 1. The number of H-pyrrole nitrogens is 1. The van der Waals surface area contributed by atoms with Crippen LogP contribution in [0, 0.1) is 25.2 Å². The van der Waals surface area contributed by atoms with Gasteiger partial charge < -0.3 is 10.1 Å². The van der Waals surface area contributed by atoms with E-state index in [4.69, 9.17) is 0 Å². The second-order valence-electron chi connectivity index (χ2n) is 6.95. The molecule has 4 aromatic rings. The van der Waals surface area contributed by atoms with E-state index < -0.39 is 5.25 Å². The van der Waals surface area contributed by atoms with Gasteiger partial charge in [-0.05, 0) is 66.6 Å². The Morgan fingerprint density at radius 3 is 2.63 bits per heavy atom. The lowest BCUT2D eigenvalue weighted by atomic mass is 10.1. The van der Waals surface area contributed by atoms with Crippen molar-refractivity contribution in [1.82, 2.24) is 30.2 Å². The zero-order chi connectivity index (χ0) is 21.3. The summed E-state index contributed by atoms with van der Waals surface area (Å²) in [6.45, 7) is 5.81. The molecule has 2 aromatic heterocycles. The number of nitriles is 1. The van der Waals surface area contributed by atoms with Crippen LogP contribution in [-0.4, -0.2) is 40.5 Å². The molecule has 4 rings (SSSR count). The quantitative estimate of drug-likeness (QED) is 0.285. The zero-order valence-corrected chi connectivity index (χ0v) is 17.5. The van der Waals surface area contributed by atoms with Gasteiger partial charge in [-0.15, -0.1) is 5.10 Å². The molecule has 0 saturated heterocycles. The van der Waals surface area contributed by atoms with Crippen molar-refractivity contribution >= 4 is 28.4 Å². The molecule has 0 aliphatic rings. The third-order valence-electron chi connectivity index (χ3n) is 4.55. The molecule has 0 fully saturated rings. The normalized spacial score (nSPS) is 13.1. The summed E-state index contributed by atoms with van der Waals surface area (Å²) in [7, 11) is 0. The molecular weight excluding hydrogens is 398 g/mol. The van der Waals surface area contributed by atoms with Crippen molar-refractivity contribution < 1.29 is 5.11 Å². The highest BCUT2D eigenvalue weighted by molar-refractivity contribution is 7.99. The Balaban J connectivity index is 1.66. The van der Waals surface area contributed by atoms with Crippen LogP contribution in [0.2, 0.25) is 0 Å². The van der Waals surface area contributed by atoms with Crippen molar-refractivity contribution in [2.75, 3.05) is 0 Å². The van der Waals surface area contributed by atoms with Gasteiger partial charge in [0.25, 0.3) is 0 Å². The number of rotatable bonds is 5. The van der Waals surface area contributed by atoms with Gasteiger partial charge in [-0.3, -0.25) is 0 Å². The predicted molar refractivity (Wildman–Crippen MR) is 115 cm³/mol. The molecule has 8 nitrogen and oxygen atoms in total. The number of hydrogen-bond donors (Lipinski definition) is 2. The molecule has 0 bridgehead atoms. The largest absolute Gasteiger partial charge is 0.510 e. The lowest BCUT2D eigenvalue weighted by Gasteiger charge is -2.12. The van der Waals surface area contributed by atoms with Gasteiger partial charge in [0.15, 0.2) is 5.82 Å². The predicted octanol–water partition coefficient (Wildman–Crippen LogP) is 4.13. The van der Waals surface area contributed by atoms with E-state index in [-0.39, 0.29) is 11.3 Å². The molecule has 0 amide bonds. The number of thioether (sulfide) groups is 1. The molecule has 9 heteroatoms. The van der Waals surface area contributed by atoms with E-state index in [1.165, 1.54) is 11.8 Å². The minimum Gasteiger partial charge on any atom is -0.510 e.